The maximum absolute atomic E-state index is 12.9. The molecule has 2 aromatic carbocycles. The topological polar surface area (TPSA) is 75.8 Å². The molecule has 0 unspecified atom stereocenters. The normalized spacial score (nSPS) is 12.9. The van der Waals surface area contributed by atoms with Gasteiger partial charge in [-0.05, 0) is 43.7 Å². The molecule has 0 aliphatic carbocycles. The molecule has 140 valence electrons. The first kappa shape index (κ1) is 19.9. The van der Waals surface area contributed by atoms with E-state index in [1.165, 1.54) is 12.1 Å². The van der Waals surface area contributed by atoms with Crippen molar-refractivity contribution in [2.45, 2.75) is 24.9 Å². The van der Waals surface area contributed by atoms with Gasteiger partial charge in [-0.1, -0.05) is 29.8 Å². The molecule has 26 heavy (non-hydrogen) atoms. The van der Waals surface area contributed by atoms with Crippen molar-refractivity contribution in [3.8, 4) is 0 Å². The Bertz CT molecular complexity index is 890. The number of aryl methyl sites for hydroxylation is 1. The third kappa shape index (κ3) is 5.57. The summed E-state index contributed by atoms with van der Waals surface area (Å²) in [6.07, 6.45) is -4.49. The van der Waals surface area contributed by atoms with E-state index in [0.29, 0.717) is 11.3 Å². The predicted molar refractivity (Wildman–Crippen MR) is 94.6 cm³/mol. The number of benzene rings is 2. The molecule has 0 bridgehead atoms. The van der Waals surface area contributed by atoms with Gasteiger partial charge >= 0.3 is 6.18 Å². The van der Waals surface area contributed by atoms with E-state index in [2.05, 4.69) is 5.10 Å². The van der Waals surface area contributed by atoms with Gasteiger partial charge in [-0.3, -0.25) is 5.01 Å². The standard InChI is InChI=1S/C17H18F3N3O2S/c1-12-3-5-14(6-4-12)13(2)22-23(11-17(18,19)20)15-7-9-16(10-8-15)26(21,24)25/h3-10H,11H2,1-2H3,(H2,21,24,25)/b22-13+. The zero-order valence-electron chi connectivity index (χ0n) is 14.2. The zero-order chi connectivity index (χ0) is 19.5. The first-order valence-corrected chi connectivity index (χ1v) is 9.10. The van der Waals surface area contributed by atoms with Gasteiger partial charge in [-0.25, -0.2) is 13.6 Å². The monoisotopic (exact) mass is 385 g/mol. The van der Waals surface area contributed by atoms with Crippen molar-refractivity contribution in [2.75, 3.05) is 11.6 Å². The fraction of sp³-hybridized carbons (Fsp3) is 0.235. The van der Waals surface area contributed by atoms with E-state index >= 15 is 0 Å². The number of anilines is 1. The number of rotatable bonds is 5. The van der Waals surface area contributed by atoms with Crippen LogP contribution in [0.5, 0.6) is 0 Å². The molecular formula is C17H18F3N3O2S. The van der Waals surface area contributed by atoms with E-state index < -0.39 is 22.7 Å². The molecular weight excluding hydrogens is 367 g/mol. The lowest BCUT2D eigenvalue weighted by atomic mass is 10.1. The molecule has 0 aromatic heterocycles. The molecule has 0 aliphatic rings. The maximum atomic E-state index is 12.9. The quantitative estimate of drug-likeness (QED) is 0.633. The Kier molecular flexibility index (Phi) is 5.72. The van der Waals surface area contributed by atoms with Gasteiger partial charge in [0.15, 0.2) is 0 Å². The largest absolute Gasteiger partial charge is 0.408 e. The van der Waals surface area contributed by atoms with Gasteiger partial charge in [-0.15, -0.1) is 0 Å². The Balaban J connectivity index is 2.40. The van der Waals surface area contributed by atoms with Crippen LogP contribution in [0.4, 0.5) is 18.9 Å². The van der Waals surface area contributed by atoms with Crippen molar-refractivity contribution in [1.29, 1.82) is 0 Å². The van der Waals surface area contributed by atoms with Gasteiger partial charge in [0.25, 0.3) is 0 Å². The molecule has 2 rings (SSSR count). The van der Waals surface area contributed by atoms with E-state index in [1.54, 1.807) is 19.1 Å². The number of nitrogens with zero attached hydrogens (tertiary/aromatic N) is 2. The summed E-state index contributed by atoms with van der Waals surface area (Å²) in [6.45, 7) is 2.19. The Morgan fingerprint density at radius 2 is 1.62 bits per heavy atom. The van der Waals surface area contributed by atoms with Crippen LogP contribution in [0, 0.1) is 6.92 Å². The van der Waals surface area contributed by atoms with Gasteiger partial charge in [0.05, 0.1) is 16.3 Å². The second-order valence-electron chi connectivity index (χ2n) is 5.76. The Morgan fingerprint density at radius 3 is 2.08 bits per heavy atom. The van der Waals surface area contributed by atoms with E-state index in [-0.39, 0.29) is 10.6 Å². The Hall–Kier alpha value is -2.39. The number of nitrogens with two attached hydrogens (primary N) is 1. The van der Waals surface area contributed by atoms with Gasteiger partial charge in [-0.2, -0.15) is 18.3 Å². The molecule has 0 atom stereocenters. The van der Waals surface area contributed by atoms with Crippen LogP contribution in [-0.2, 0) is 10.0 Å². The molecule has 5 nitrogen and oxygen atoms in total. The van der Waals surface area contributed by atoms with Crippen molar-refractivity contribution < 1.29 is 21.6 Å². The lowest BCUT2D eigenvalue weighted by Gasteiger charge is -2.22. The number of hydrogen-bond acceptors (Lipinski definition) is 4. The van der Waals surface area contributed by atoms with Crippen LogP contribution in [0.25, 0.3) is 0 Å². The molecule has 0 spiro atoms. The van der Waals surface area contributed by atoms with Crippen LogP contribution in [0.15, 0.2) is 58.5 Å². The molecule has 0 heterocycles. The lowest BCUT2D eigenvalue weighted by Crippen LogP contribution is -2.31. The molecule has 9 heteroatoms. The Morgan fingerprint density at radius 1 is 1.08 bits per heavy atom. The highest BCUT2D eigenvalue weighted by Crippen LogP contribution is 2.24. The molecule has 2 aromatic rings. The van der Waals surface area contributed by atoms with Crippen LogP contribution < -0.4 is 10.1 Å². The number of alkyl halides is 3. The first-order valence-electron chi connectivity index (χ1n) is 7.55. The highest BCUT2D eigenvalue weighted by molar-refractivity contribution is 7.89. The summed E-state index contributed by atoms with van der Waals surface area (Å²) in [5.74, 6) is 0. The molecule has 0 aliphatic heterocycles. The highest BCUT2D eigenvalue weighted by atomic mass is 32.2. The summed E-state index contributed by atoms with van der Waals surface area (Å²) in [5, 5.41) is 9.86. The zero-order valence-corrected chi connectivity index (χ0v) is 15.0. The Labute approximate surface area is 150 Å². The first-order chi connectivity index (χ1) is 12.0. The number of sulfonamides is 1. The molecule has 0 fully saturated rings. The summed E-state index contributed by atoms with van der Waals surface area (Å²) in [4.78, 5) is -0.188. The van der Waals surface area contributed by atoms with Crippen molar-refractivity contribution >= 4 is 21.4 Å². The molecule has 0 saturated carbocycles. The summed E-state index contributed by atoms with van der Waals surface area (Å²) in [5.41, 5.74) is 2.20. The predicted octanol–water partition coefficient (Wildman–Crippen LogP) is 3.44. The molecule has 0 amide bonds. The summed E-state index contributed by atoms with van der Waals surface area (Å²) in [7, 11) is -3.93. The van der Waals surface area contributed by atoms with Crippen molar-refractivity contribution in [2.24, 2.45) is 10.2 Å². The minimum absolute atomic E-state index is 0.0983. The molecule has 0 saturated heterocycles. The highest BCUT2D eigenvalue weighted by Gasteiger charge is 2.31. The van der Waals surface area contributed by atoms with Crippen LogP contribution in [-0.4, -0.2) is 26.9 Å². The van der Waals surface area contributed by atoms with Gasteiger partial charge < -0.3 is 0 Å². The van der Waals surface area contributed by atoms with Crippen molar-refractivity contribution in [3.05, 3.63) is 59.7 Å². The number of primary sulfonamides is 1. The van der Waals surface area contributed by atoms with E-state index in [0.717, 1.165) is 22.7 Å². The number of hydrazone groups is 1. The number of hydrogen-bond donors (Lipinski definition) is 1. The summed E-state index contributed by atoms with van der Waals surface area (Å²) < 4.78 is 61.4. The molecule has 0 radical (unpaired) electrons. The fourth-order valence-electron chi connectivity index (χ4n) is 2.20. The van der Waals surface area contributed by atoms with E-state index in [1.807, 2.05) is 19.1 Å². The average Bonchev–Trinajstić information content (AvgIpc) is 2.53. The van der Waals surface area contributed by atoms with Gasteiger partial charge in [0, 0.05) is 0 Å². The van der Waals surface area contributed by atoms with E-state index in [4.69, 9.17) is 5.14 Å². The van der Waals surface area contributed by atoms with Crippen LogP contribution in [0.1, 0.15) is 18.1 Å². The molecule has 2 N–H and O–H groups in total. The van der Waals surface area contributed by atoms with Crippen molar-refractivity contribution in [1.82, 2.24) is 0 Å². The SMILES string of the molecule is C/C(=N\N(CC(F)(F)F)c1ccc(S(N)(=O)=O)cc1)c1ccc(C)cc1. The third-order valence-corrected chi connectivity index (χ3v) is 4.46. The summed E-state index contributed by atoms with van der Waals surface area (Å²) in [6, 6.07) is 12.0. The van der Waals surface area contributed by atoms with E-state index in [9.17, 15) is 21.6 Å². The smallest absolute Gasteiger partial charge is 0.256 e. The third-order valence-electron chi connectivity index (χ3n) is 3.53. The maximum Gasteiger partial charge on any atom is 0.408 e. The van der Waals surface area contributed by atoms with Crippen molar-refractivity contribution in [3.63, 3.8) is 0 Å². The second-order valence-corrected chi connectivity index (χ2v) is 7.32. The van der Waals surface area contributed by atoms with Crippen LogP contribution >= 0.6 is 0 Å². The number of halogens is 3. The average molecular weight is 385 g/mol. The van der Waals surface area contributed by atoms with Gasteiger partial charge in [0.2, 0.25) is 10.0 Å². The van der Waals surface area contributed by atoms with Crippen LogP contribution in [0.3, 0.4) is 0 Å². The fourth-order valence-corrected chi connectivity index (χ4v) is 2.71. The minimum Gasteiger partial charge on any atom is -0.256 e. The summed E-state index contributed by atoms with van der Waals surface area (Å²) >= 11 is 0. The lowest BCUT2D eigenvalue weighted by molar-refractivity contribution is -0.119. The van der Waals surface area contributed by atoms with Gasteiger partial charge in [0.1, 0.15) is 6.54 Å². The minimum atomic E-state index is -4.49. The van der Waals surface area contributed by atoms with Crippen LogP contribution in [0.2, 0.25) is 0 Å². The second kappa shape index (κ2) is 7.46.